The third-order valence-corrected chi connectivity index (χ3v) is 4.22. The fraction of sp³-hybridized carbons (Fsp3) is 0.250. The summed E-state index contributed by atoms with van der Waals surface area (Å²) in [6.07, 6.45) is 0.932. The summed E-state index contributed by atoms with van der Waals surface area (Å²) in [7, 11) is 0. The van der Waals surface area contributed by atoms with Gasteiger partial charge in [-0.1, -0.05) is 30.3 Å². The molecule has 0 spiro atoms. The van der Waals surface area contributed by atoms with Gasteiger partial charge in [0.1, 0.15) is 0 Å². The van der Waals surface area contributed by atoms with E-state index in [1.54, 1.807) is 11.3 Å². The maximum atomic E-state index is 10.9. The molecule has 0 aliphatic rings. The zero-order chi connectivity index (χ0) is 16.2. The molecule has 0 fully saturated rings. The number of benzene rings is 1. The molecule has 0 aliphatic carbocycles. The van der Waals surface area contributed by atoms with Crippen molar-refractivity contribution in [2.45, 2.75) is 26.8 Å². The minimum Gasteiger partial charge on any atom is -0.347 e. The van der Waals surface area contributed by atoms with Crippen LogP contribution in [0.5, 0.6) is 0 Å². The van der Waals surface area contributed by atoms with Gasteiger partial charge in [0.05, 0.1) is 17.2 Å². The van der Waals surface area contributed by atoms with Crippen LogP contribution < -0.4 is 5.32 Å². The maximum absolute atomic E-state index is 10.9. The fourth-order valence-electron chi connectivity index (χ4n) is 2.07. The molecule has 1 aromatic carbocycles. The van der Waals surface area contributed by atoms with Crippen molar-refractivity contribution in [3.8, 4) is 22.6 Å². The fourth-order valence-corrected chi connectivity index (χ4v) is 2.82. The average molecular weight is 328 g/mol. The lowest BCUT2D eigenvalue weighted by Crippen LogP contribution is -2.18. The summed E-state index contributed by atoms with van der Waals surface area (Å²) in [5, 5.41) is 9.76. The Bertz CT molecular complexity index is 825. The number of thiazole rings is 1. The number of aromatic nitrogens is 3. The summed E-state index contributed by atoms with van der Waals surface area (Å²) < 4.78 is 5.15. The second kappa shape index (κ2) is 6.70. The first kappa shape index (κ1) is 15.4. The molecule has 6 nitrogen and oxygen atoms in total. The van der Waals surface area contributed by atoms with Crippen molar-refractivity contribution in [1.29, 1.82) is 0 Å². The van der Waals surface area contributed by atoms with Crippen LogP contribution in [0, 0.1) is 0 Å². The molecule has 0 radical (unpaired) electrons. The smallest absolute Gasteiger partial charge is 0.246 e. The molecule has 0 aliphatic heterocycles. The molecule has 0 bridgehead atoms. The van der Waals surface area contributed by atoms with Crippen molar-refractivity contribution in [3.63, 3.8) is 0 Å². The summed E-state index contributed by atoms with van der Waals surface area (Å²) in [5.41, 5.74) is 2.83. The van der Waals surface area contributed by atoms with Gasteiger partial charge in [0, 0.05) is 23.4 Å². The Labute approximate surface area is 137 Å². The van der Waals surface area contributed by atoms with E-state index in [2.05, 4.69) is 32.7 Å². The van der Waals surface area contributed by atoms with Crippen LogP contribution in [0.15, 0.2) is 34.2 Å². The molecule has 3 rings (SSSR count). The van der Waals surface area contributed by atoms with Crippen LogP contribution >= 0.6 is 11.3 Å². The summed E-state index contributed by atoms with van der Waals surface area (Å²) in [6.45, 7) is 3.77. The quantitative estimate of drug-likeness (QED) is 0.778. The normalized spacial score (nSPS) is 10.7. The second-order valence-corrected chi connectivity index (χ2v) is 5.92. The van der Waals surface area contributed by atoms with Gasteiger partial charge in [0.2, 0.25) is 17.6 Å². The molecule has 2 heterocycles. The van der Waals surface area contributed by atoms with E-state index in [9.17, 15) is 4.79 Å². The lowest BCUT2D eigenvalue weighted by molar-refractivity contribution is -0.119. The number of nitrogens with one attached hydrogen (secondary N) is 1. The molecule has 0 saturated carbocycles. The molecule has 1 amide bonds. The van der Waals surface area contributed by atoms with E-state index in [-0.39, 0.29) is 12.5 Å². The van der Waals surface area contributed by atoms with Crippen molar-refractivity contribution in [3.05, 3.63) is 40.5 Å². The van der Waals surface area contributed by atoms with Crippen LogP contribution in [0.4, 0.5) is 0 Å². The number of nitrogens with zero attached hydrogens (tertiary/aromatic N) is 3. The number of carbonyl (C=O) groups is 1. The van der Waals surface area contributed by atoms with Crippen LogP contribution in [0.25, 0.3) is 22.6 Å². The van der Waals surface area contributed by atoms with Crippen LogP contribution in [-0.4, -0.2) is 21.0 Å². The molecule has 0 atom stereocenters. The number of amides is 1. The summed E-state index contributed by atoms with van der Waals surface area (Å²) in [6, 6.07) is 7.86. The van der Waals surface area contributed by atoms with Gasteiger partial charge in [-0.3, -0.25) is 4.79 Å². The highest BCUT2D eigenvalue weighted by Gasteiger charge is 2.11. The number of rotatable bonds is 5. The first-order chi connectivity index (χ1) is 11.2. The number of hydrogen-bond acceptors (Lipinski definition) is 6. The van der Waals surface area contributed by atoms with Gasteiger partial charge in [-0.15, -0.1) is 11.3 Å². The summed E-state index contributed by atoms with van der Waals surface area (Å²) >= 11 is 1.66. The zero-order valence-electron chi connectivity index (χ0n) is 12.9. The Kier molecular flexibility index (Phi) is 4.47. The summed E-state index contributed by atoms with van der Waals surface area (Å²) in [5.74, 6) is 0.739. The predicted molar refractivity (Wildman–Crippen MR) is 87.7 cm³/mol. The van der Waals surface area contributed by atoms with Crippen molar-refractivity contribution in [1.82, 2.24) is 20.4 Å². The van der Waals surface area contributed by atoms with Crippen molar-refractivity contribution in [2.75, 3.05) is 0 Å². The van der Waals surface area contributed by atoms with Crippen molar-refractivity contribution in [2.24, 2.45) is 0 Å². The van der Waals surface area contributed by atoms with Crippen LogP contribution in [0.2, 0.25) is 0 Å². The molecule has 2 aromatic heterocycles. The van der Waals surface area contributed by atoms with E-state index in [0.29, 0.717) is 11.7 Å². The Morgan fingerprint density at radius 2 is 2.13 bits per heavy atom. The molecule has 1 N–H and O–H groups in total. The minimum atomic E-state index is -0.137. The third kappa shape index (κ3) is 3.62. The topological polar surface area (TPSA) is 80.9 Å². The largest absolute Gasteiger partial charge is 0.347 e. The molecule has 3 aromatic rings. The lowest BCUT2D eigenvalue weighted by atomic mass is 10.1. The zero-order valence-corrected chi connectivity index (χ0v) is 13.7. The molecule has 7 heteroatoms. The molecular weight excluding hydrogens is 312 g/mol. The number of carbonyl (C=O) groups excluding carboxylic acids is 1. The van der Waals surface area contributed by atoms with E-state index in [4.69, 9.17) is 4.52 Å². The van der Waals surface area contributed by atoms with Gasteiger partial charge in [0.25, 0.3) is 0 Å². The minimum absolute atomic E-state index is 0.137. The van der Waals surface area contributed by atoms with Gasteiger partial charge in [-0.2, -0.15) is 4.98 Å². The van der Waals surface area contributed by atoms with Crippen molar-refractivity contribution < 1.29 is 9.32 Å². The van der Waals surface area contributed by atoms with E-state index < -0.39 is 0 Å². The van der Waals surface area contributed by atoms with E-state index in [0.717, 1.165) is 28.2 Å². The average Bonchev–Trinajstić information content (AvgIpc) is 3.22. The highest BCUT2D eigenvalue weighted by molar-refractivity contribution is 7.09. The van der Waals surface area contributed by atoms with Gasteiger partial charge in [-0.25, -0.2) is 4.98 Å². The van der Waals surface area contributed by atoms with Crippen LogP contribution in [-0.2, 0) is 17.8 Å². The Morgan fingerprint density at radius 1 is 1.30 bits per heavy atom. The Hall–Kier alpha value is -2.54. The highest BCUT2D eigenvalue weighted by Crippen LogP contribution is 2.26. The third-order valence-electron chi connectivity index (χ3n) is 3.23. The van der Waals surface area contributed by atoms with E-state index in [1.165, 1.54) is 6.92 Å². The SMILES string of the molecule is CCc1nc(-c2cccc(-c3noc(CNC(C)=O)n3)c2)cs1. The molecule has 0 unspecified atom stereocenters. The van der Waals surface area contributed by atoms with Crippen LogP contribution in [0.3, 0.4) is 0 Å². The highest BCUT2D eigenvalue weighted by atomic mass is 32.1. The summed E-state index contributed by atoms with van der Waals surface area (Å²) in [4.78, 5) is 19.8. The van der Waals surface area contributed by atoms with Gasteiger partial charge >= 0.3 is 0 Å². The van der Waals surface area contributed by atoms with E-state index >= 15 is 0 Å². The van der Waals surface area contributed by atoms with Crippen LogP contribution in [0.1, 0.15) is 24.7 Å². The first-order valence-electron chi connectivity index (χ1n) is 7.28. The van der Waals surface area contributed by atoms with Gasteiger partial charge < -0.3 is 9.84 Å². The first-order valence-corrected chi connectivity index (χ1v) is 8.16. The monoisotopic (exact) mass is 328 g/mol. The standard InChI is InChI=1S/C16H16N4O2S/c1-3-15-18-13(9-23-15)11-5-4-6-12(7-11)16-19-14(22-20-16)8-17-10(2)21/h4-7,9H,3,8H2,1-2H3,(H,17,21). The number of aryl methyl sites for hydroxylation is 1. The van der Waals surface area contributed by atoms with E-state index in [1.807, 2.05) is 24.3 Å². The van der Waals surface area contributed by atoms with Crippen molar-refractivity contribution >= 4 is 17.2 Å². The number of hydrogen-bond donors (Lipinski definition) is 1. The molecule has 23 heavy (non-hydrogen) atoms. The lowest BCUT2D eigenvalue weighted by Gasteiger charge is -1.99. The Balaban J connectivity index is 1.83. The van der Waals surface area contributed by atoms with Gasteiger partial charge in [0.15, 0.2) is 0 Å². The molecule has 118 valence electrons. The molecule has 0 saturated heterocycles. The molecular formula is C16H16N4O2S. The predicted octanol–water partition coefficient (Wildman–Crippen LogP) is 3.06. The maximum Gasteiger partial charge on any atom is 0.246 e. The Morgan fingerprint density at radius 3 is 2.87 bits per heavy atom. The van der Waals surface area contributed by atoms with Gasteiger partial charge in [-0.05, 0) is 12.5 Å². The second-order valence-electron chi connectivity index (χ2n) is 4.98.